The van der Waals surface area contributed by atoms with Crippen molar-refractivity contribution in [3.05, 3.63) is 38.8 Å². The van der Waals surface area contributed by atoms with Gasteiger partial charge in [0, 0.05) is 17.7 Å². The quantitative estimate of drug-likeness (QED) is 0.611. The summed E-state index contributed by atoms with van der Waals surface area (Å²) >= 11 is 0. The molecule has 0 radical (unpaired) electrons. The number of imide groups is 1. The second kappa shape index (κ2) is 6.47. The highest BCUT2D eigenvalue weighted by Crippen LogP contribution is 2.55. The predicted molar refractivity (Wildman–Crippen MR) is 94.9 cm³/mol. The molecule has 9 nitrogen and oxygen atoms in total. The van der Waals surface area contributed by atoms with Gasteiger partial charge in [0.15, 0.2) is 0 Å². The summed E-state index contributed by atoms with van der Waals surface area (Å²) < 4.78 is 0.922. The highest BCUT2D eigenvalue weighted by molar-refractivity contribution is 5.94. The van der Waals surface area contributed by atoms with Crippen molar-refractivity contribution >= 4 is 17.6 Å². The number of nitro groups is 1. The normalized spacial score (nSPS) is 30.7. The van der Waals surface area contributed by atoms with Gasteiger partial charge in [0.2, 0.25) is 5.91 Å². The van der Waals surface area contributed by atoms with E-state index in [1.807, 2.05) is 0 Å². The Kier molecular flexibility index (Phi) is 4.24. The maximum Gasteiger partial charge on any atom is 0.321 e. The first kappa shape index (κ1) is 17.7. The maximum absolute atomic E-state index is 12.3. The summed E-state index contributed by atoms with van der Waals surface area (Å²) in [7, 11) is 0. The Balaban J connectivity index is 1.38. The van der Waals surface area contributed by atoms with Gasteiger partial charge in [-0.1, -0.05) is 0 Å². The fourth-order valence-corrected chi connectivity index (χ4v) is 5.61. The second-order valence-electron chi connectivity index (χ2n) is 8.31. The molecule has 0 saturated heterocycles. The van der Waals surface area contributed by atoms with Crippen LogP contribution in [-0.2, 0) is 11.3 Å². The molecule has 3 amide bonds. The zero-order valence-corrected chi connectivity index (χ0v) is 14.8. The minimum atomic E-state index is -0.681. The van der Waals surface area contributed by atoms with E-state index in [2.05, 4.69) is 10.6 Å². The molecule has 4 fully saturated rings. The molecule has 4 aliphatic carbocycles. The topological polar surface area (TPSA) is 123 Å². The van der Waals surface area contributed by atoms with Crippen LogP contribution in [0.25, 0.3) is 0 Å². The van der Waals surface area contributed by atoms with Gasteiger partial charge in [-0.2, -0.15) is 0 Å². The average molecular weight is 374 g/mol. The third-order valence-corrected chi connectivity index (χ3v) is 6.16. The third-order valence-electron chi connectivity index (χ3n) is 6.16. The van der Waals surface area contributed by atoms with E-state index in [4.69, 9.17) is 0 Å². The number of hydrogen-bond donors (Lipinski definition) is 2. The van der Waals surface area contributed by atoms with Crippen LogP contribution < -0.4 is 16.2 Å². The van der Waals surface area contributed by atoms with Crippen molar-refractivity contribution in [3.8, 4) is 0 Å². The molecule has 0 atom stereocenters. The lowest BCUT2D eigenvalue weighted by atomic mass is 9.53. The standard InChI is InChI=1S/C18H22N4O5/c23-15(10-21-9-14(22(26)27)1-2-16(21)24)19-17(25)20-18-6-11-3-12(7-18)5-13(4-11)8-18/h1-2,9,11-13H,3-8,10H2,(H2,19,20,23,25). The second-order valence-corrected chi connectivity index (χ2v) is 8.31. The summed E-state index contributed by atoms with van der Waals surface area (Å²) in [5.41, 5.74) is -1.06. The first-order valence-corrected chi connectivity index (χ1v) is 9.29. The van der Waals surface area contributed by atoms with Crippen molar-refractivity contribution in [1.29, 1.82) is 0 Å². The third kappa shape index (κ3) is 3.58. The van der Waals surface area contributed by atoms with Crippen molar-refractivity contribution in [3.63, 3.8) is 0 Å². The van der Waals surface area contributed by atoms with Crippen molar-refractivity contribution in [2.24, 2.45) is 17.8 Å². The van der Waals surface area contributed by atoms with Gasteiger partial charge in [0.05, 0.1) is 11.1 Å². The lowest BCUT2D eigenvalue weighted by Crippen LogP contribution is -2.62. The SMILES string of the molecule is O=C(Cn1cc([N+](=O)[O-])ccc1=O)NC(=O)NC12CC3CC(CC(C3)C1)C2. The van der Waals surface area contributed by atoms with Crippen molar-refractivity contribution in [1.82, 2.24) is 15.2 Å². The summed E-state index contributed by atoms with van der Waals surface area (Å²) in [4.78, 5) is 46.4. The Morgan fingerprint density at radius 3 is 2.30 bits per heavy atom. The Morgan fingerprint density at radius 1 is 1.15 bits per heavy atom. The van der Waals surface area contributed by atoms with E-state index in [1.165, 1.54) is 19.3 Å². The molecular weight excluding hydrogens is 352 g/mol. The van der Waals surface area contributed by atoms with Crippen LogP contribution in [0.15, 0.2) is 23.1 Å². The van der Waals surface area contributed by atoms with E-state index in [0.29, 0.717) is 17.8 Å². The van der Waals surface area contributed by atoms with Gasteiger partial charge in [-0.05, 0) is 56.3 Å². The van der Waals surface area contributed by atoms with Gasteiger partial charge in [-0.25, -0.2) is 4.79 Å². The monoisotopic (exact) mass is 374 g/mol. The highest BCUT2D eigenvalue weighted by atomic mass is 16.6. The van der Waals surface area contributed by atoms with E-state index >= 15 is 0 Å². The molecule has 0 spiro atoms. The highest BCUT2D eigenvalue weighted by Gasteiger charge is 2.51. The van der Waals surface area contributed by atoms with Crippen LogP contribution in [0.2, 0.25) is 0 Å². The van der Waals surface area contributed by atoms with Crippen molar-refractivity contribution in [2.45, 2.75) is 50.6 Å². The lowest BCUT2D eigenvalue weighted by Gasteiger charge is -2.56. The molecule has 0 aromatic carbocycles. The summed E-state index contributed by atoms with van der Waals surface area (Å²) in [6, 6.07) is 1.55. The van der Waals surface area contributed by atoms with Crippen LogP contribution in [0.1, 0.15) is 38.5 Å². The molecular formula is C18H22N4O5. The van der Waals surface area contributed by atoms with Crippen LogP contribution in [-0.4, -0.2) is 27.0 Å². The van der Waals surface area contributed by atoms with Gasteiger partial charge in [0.1, 0.15) is 6.54 Å². The van der Waals surface area contributed by atoms with Crippen LogP contribution in [0.4, 0.5) is 10.5 Å². The minimum Gasteiger partial charge on any atom is -0.332 e. The van der Waals surface area contributed by atoms with Crippen molar-refractivity contribution in [2.75, 3.05) is 0 Å². The zero-order valence-electron chi connectivity index (χ0n) is 14.8. The van der Waals surface area contributed by atoms with Crippen LogP contribution in [0.5, 0.6) is 0 Å². The van der Waals surface area contributed by atoms with E-state index in [-0.39, 0.29) is 11.2 Å². The van der Waals surface area contributed by atoms with Gasteiger partial charge in [0.25, 0.3) is 11.2 Å². The number of carbonyl (C=O) groups excluding carboxylic acids is 2. The molecule has 1 aromatic heterocycles. The Bertz CT molecular complexity index is 826. The van der Waals surface area contributed by atoms with Crippen LogP contribution in [0, 0.1) is 27.9 Å². The summed E-state index contributed by atoms with van der Waals surface area (Å²) in [6.07, 6.45) is 7.63. The molecule has 1 heterocycles. The molecule has 0 aliphatic heterocycles. The van der Waals surface area contributed by atoms with E-state index in [1.54, 1.807) is 0 Å². The molecule has 1 aromatic rings. The number of pyridine rings is 1. The molecule has 9 heteroatoms. The maximum atomic E-state index is 12.3. The number of amides is 3. The molecule has 2 N–H and O–H groups in total. The Hall–Kier alpha value is -2.71. The summed E-state index contributed by atoms with van der Waals surface area (Å²) in [6.45, 7) is -0.450. The number of nitrogens with zero attached hydrogens (tertiary/aromatic N) is 2. The van der Waals surface area contributed by atoms with Crippen molar-refractivity contribution < 1.29 is 14.5 Å². The van der Waals surface area contributed by atoms with Gasteiger partial charge < -0.3 is 5.32 Å². The molecule has 4 bridgehead atoms. The first-order chi connectivity index (χ1) is 12.8. The van der Waals surface area contributed by atoms with Crippen LogP contribution in [0.3, 0.4) is 0 Å². The number of rotatable bonds is 4. The predicted octanol–water partition coefficient (Wildman–Crippen LogP) is 1.55. The number of aromatic nitrogens is 1. The molecule has 27 heavy (non-hydrogen) atoms. The Labute approximate surface area is 155 Å². The van der Waals surface area contributed by atoms with Gasteiger partial charge >= 0.3 is 6.03 Å². The number of carbonyl (C=O) groups is 2. The lowest BCUT2D eigenvalue weighted by molar-refractivity contribution is -0.385. The molecule has 4 saturated carbocycles. The Morgan fingerprint density at radius 2 is 1.74 bits per heavy atom. The largest absolute Gasteiger partial charge is 0.332 e. The average Bonchev–Trinajstić information content (AvgIpc) is 2.54. The van der Waals surface area contributed by atoms with Crippen LogP contribution >= 0.6 is 0 Å². The first-order valence-electron chi connectivity index (χ1n) is 9.29. The van der Waals surface area contributed by atoms with E-state index in [9.17, 15) is 24.5 Å². The minimum absolute atomic E-state index is 0.221. The van der Waals surface area contributed by atoms with Gasteiger partial charge in [-0.3, -0.25) is 29.6 Å². The molecule has 144 valence electrons. The summed E-state index contributed by atoms with van der Waals surface area (Å²) in [5.74, 6) is 1.31. The number of nitrogens with one attached hydrogen (secondary N) is 2. The molecule has 5 rings (SSSR count). The fraction of sp³-hybridized carbons (Fsp3) is 0.611. The molecule has 4 aliphatic rings. The number of urea groups is 1. The van der Waals surface area contributed by atoms with E-state index < -0.39 is 29.0 Å². The van der Waals surface area contributed by atoms with Gasteiger partial charge in [-0.15, -0.1) is 0 Å². The smallest absolute Gasteiger partial charge is 0.321 e. The fourth-order valence-electron chi connectivity index (χ4n) is 5.61. The zero-order chi connectivity index (χ0) is 19.2. The molecule has 0 unspecified atom stereocenters. The van der Waals surface area contributed by atoms with E-state index in [0.717, 1.165) is 42.2 Å². The summed E-state index contributed by atoms with van der Waals surface area (Å²) in [5, 5.41) is 16.1. The number of hydrogen-bond acceptors (Lipinski definition) is 5.